The SMILES string of the molecule is CC(=O)O[C@H]1[C@@H](OC(C)=O)[C@@H](CO[C@@H]2OC[C@H](OC(C)=O)[C@H](OC(C)=O)[C@H]2OC(C)=O)O[C@@H](Oc2c(-c3ccc(O)c(O)c3)oc3cc(O)cc(O)c3c2=O)[C@@H]1OC(C)=O. The number of aromatic hydroxyl groups is 4. The average molecular weight is 849 g/mol. The maximum atomic E-state index is 14.2. The molecule has 5 rings (SSSR count). The van der Waals surface area contributed by atoms with Crippen LogP contribution in [0.15, 0.2) is 39.5 Å². The molecule has 2 saturated heterocycles. The molecule has 22 nitrogen and oxygen atoms in total. The number of carbonyl (C=O) groups is 6. The van der Waals surface area contributed by atoms with E-state index in [2.05, 4.69) is 0 Å². The van der Waals surface area contributed by atoms with Crippen LogP contribution < -0.4 is 10.2 Å². The zero-order valence-electron chi connectivity index (χ0n) is 32.6. The molecule has 0 aliphatic carbocycles. The molecule has 0 spiro atoms. The van der Waals surface area contributed by atoms with Gasteiger partial charge in [-0.05, 0) is 18.2 Å². The van der Waals surface area contributed by atoms with Crippen LogP contribution in [0.5, 0.6) is 28.7 Å². The summed E-state index contributed by atoms with van der Waals surface area (Å²) in [6.45, 7) is 4.90. The van der Waals surface area contributed by atoms with Gasteiger partial charge in [0.15, 0.2) is 54.1 Å². The Labute approximate surface area is 338 Å². The first-order chi connectivity index (χ1) is 28.2. The fourth-order valence-corrected chi connectivity index (χ4v) is 6.47. The third kappa shape index (κ3) is 10.3. The zero-order valence-corrected chi connectivity index (χ0v) is 32.6. The lowest BCUT2D eigenvalue weighted by atomic mass is 9.97. The van der Waals surface area contributed by atoms with E-state index in [-0.39, 0.29) is 11.1 Å². The van der Waals surface area contributed by atoms with Gasteiger partial charge in [0.2, 0.25) is 23.6 Å². The Hall–Kier alpha value is -6.65. The minimum atomic E-state index is -2.03. The van der Waals surface area contributed by atoms with Crippen molar-refractivity contribution in [1.82, 2.24) is 0 Å². The molecule has 2 aliphatic heterocycles. The molecular formula is C38H40O22. The Balaban J connectivity index is 1.62. The van der Waals surface area contributed by atoms with Gasteiger partial charge in [-0.1, -0.05) is 0 Å². The molecule has 0 unspecified atom stereocenters. The lowest BCUT2D eigenvalue weighted by molar-refractivity contribution is -0.313. The minimum Gasteiger partial charge on any atom is -0.508 e. The third-order valence-electron chi connectivity index (χ3n) is 8.62. The number of phenols is 4. The summed E-state index contributed by atoms with van der Waals surface area (Å²) in [4.78, 5) is 88.1. The second-order valence-electron chi connectivity index (χ2n) is 13.3. The van der Waals surface area contributed by atoms with Crippen LogP contribution in [-0.4, -0.2) is 125 Å². The van der Waals surface area contributed by atoms with E-state index in [1.807, 2.05) is 0 Å². The molecule has 2 fully saturated rings. The highest BCUT2D eigenvalue weighted by atomic mass is 16.8. The van der Waals surface area contributed by atoms with Crippen molar-refractivity contribution in [2.75, 3.05) is 13.2 Å². The Morgan fingerprint density at radius 1 is 0.633 bits per heavy atom. The molecule has 60 heavy (non-hydrogen) atoms. The van der Waals surface area contributed by atoms with E-state index >= 15 is 0 Å². The highest BCUT2D eigenvalue weighted by molar-refractivity contribution is 5.88. The Bertz CT molecular complexity index is 2210. The summed E-state index contributed by atoms with van der Waals surface area (Å²) in [6.07, 6.45) is -15.0. The van der Waals surface area contributed by atoms with Gasteiger partial charge in [0.25, 0.3) is 0 Å². The normalized spacial score (nSPS) is 25.0. The van der Waals surface area contributed by atoms with E-state index in [9.17, 15) is 54.0 Å². The molecule has 0 radical (unpaired) electrons. The molecule has 22 heteroatoms. The van der Waals surface area contributed by atoms with Crippen LogP contribution >= 0.6 is 0 Å². The second kappa shape index (κ2) is 18.5. The van der Waals surface area contributed by atoms with Crippen molar-refractivity contribution in [3.05, 3.63) is 40.6 Å². The lowest BCUT2D eigenvalue weighted by Crippen LogP contribution is -2.64. The predicted molar refractivity (Wildman–Crippen MR) is 193 cm³/mol. The van der Waals surface area contributed by atoms with Crippen molar-refractivity contribution in [2.24, 2.45) is 0 Å². The summed E-state index contributed by atoms with van der Waals surface area (Å²) >= 11 is 0. The Kier molecular flexibility index (Phi) is 13.7. The van der Waals surface area contributed by atoms with Crippen LogP contribution in [-0.2, 0) is 71.4 Å². The summed E-state index contributed by atoms with van der Waals surface area (Å²) in [6, 6.07) is 5.05. The van der Waals surface area contributed by atoms with Crippen molar-refractivity contribution in [1.29, 1.82) is 0 Å². The molecule has 0 bridgehead atoms. The van der Waals surface area contributed by atoms with Crippen LogP contribution in [0, 0.1) is 0 Å². The van der Waals surface area contributed by atoms with Gasteiger partial charge in [-0.15, -0.1) is 0 Å². The molecule has 2 aliphatic rings. The summed E-state index contributed by atoms with van der Waals surface area (Å²) < 4.78 is 62.3. The largest absolute Gasteiger partial charge is 0.508 e. The number of hydrogen-bond donors (Lipinski definition) is 4. The third-order valence-corrected chi connectivity index (χ3v) is 8.62. The first-order valence-corrected chi connectivity index (χ1v) is 17.9. The number of fused-ring (bicyclic) bond motifs is 1. The monoisotopic (exact) mass is 848 g/mol. The molecule has 3 aromatic rings. The Morgan fingerprint density at radius 2 is 1.18 bits per heavy atom. The van der Waals surface area contributed by atoms with E-state index in [0.717, 1.165) is 65.8 Å². The number of rotatable bonds is 12. The molecule has 324 valence electrons. The average Bonchev–Trinajstić information content (AvgIpc) is 3.12. The van der Waals surface area contributed by atoms with E-state index in [0.29, 0.717) is 0 Å². The highest BCUT2D eigenvalue weighted by Gasteiger charge is 2.55. The molecule has 3 heterocycles. The van der Waals surface area contributed by atoms with E-state index in [1.165, 1.54) is 6.07 Å². The number of ether oxygens (including phenoxy) is 10. The molecule has 0 amide bonds. The molecule has 1 aromatic heterocycles. The maximum absolute atomic E-state index is 14.2. The second-order valence-corrected chi connectivity index (χ2v) is 13.3. The fourth-order valence-electron chi connectivity index (χ4n) is 6.47. The van der Waals surface area contributed by atoms with Gasteiger partial charge < -0.3 is 72.2 Å². The van der Waals surface area contributed by atoms with Gasteiger partial charge in [0.05, 0.1) is 13.2 Å². The predicted octanol–water partition coefficient (Wildman–Crippen LogP) is 1.35. The molecule has 4 N–H and O–H groups in total. The maximum Gasteiger partial charge on any atom is 0.303 e. The quantitative estimate of drug-likeness (QED) is 0.114. The van der Waals surface area contributed by atoms with Gasteiger partial charge in [-0.2, -0.15) is 0 Å². The molecular weight excluding hydrogens is 808 g/mol. The summed E-state index contributed by atoms with van der Waals surface area (Å²) in [7, 11) is 0. The molecule has 0 saturated carbocycles. The van der Waals surface area contributed by atoms with Gasteiger partial charge in [0.1, 0.15) is 28.6 Å². The number of esters is 6. The lowest BCUT2D eigenvalue weighted by Gasteiger charge is -2.45. The van der Waals surface area contributed by atoms with Crippen molar-refractivity contribution < 1.29 is 101 Å². The first-order valence-electron chi connectivity index (χ1n) is 17.9. The molecule has 9 atom stereocenters. The van der Waals surface area contributed by atoms with Gasteiger partial charge >= 0.3 is 35.8 Å². The zero-order chi connectivity index (χ0) is 44.2. The van der Waals surface area contributed by atoms with Gasteiger partial charge in [0, 0.05) is 59.2 Å². The van der Waals surface area contributed by atoms with Crippen molar-refractivity contribution >= 4 is 46.8 Å². The topological polar surface area (TPSA) is 306 Å². The van der Waals surface area contributed by atoms with Crippen LogP contribution in [0.3, 0.4) is 0 Å². The van der Waals surface area contributed by atoms with Crippen LogP contribution in [0.4, 0.5) is 0 Å². The number of carbonyl (C=O) groups excluding carboxylic acids is 6. The summed E-state index contributed by atoms with van der Waals surface area (Å²) in [5, 5.41) is 40.7. The Morgan fingerprint density at radius 3 is 1.77 bits per heavy atom. The number of benzene rings is 2. The van der Waals surface area contributed by atoms with Crippen LogP contribution in [0.25, 0.3) is 22.3 Å². The number of hydrogen-bond acceptors (Lipinski definition) is 22. The fraction of sp³-hybridized carbons (Fsp3) is 0.447. The highest BCUT2D eigenvalue weighted by Crippen LogP contribution is 2.40. The standard InChI is InChI=1S/C38H40O22/c1-14(39)52-26-12-50-37(35(56-18(5)43)32(26)54-16(3)41)51-13-27-31(53-15(2)40)34(55-17(4)42)36(57-19(6)44)38(59-27)60-33-29(49)28-24(48)10-21(45)11-25(28)58-30(33)20-7-8-22(46)23(47)9-20/h7-11,26-27,31-32,34-38,45-48H,12-13H2,1-6H3/t26-,27+,31-,32-,34-,35+,36+,37-,38-/m0/s1. The van der Waals surface area contributed by atoms with Gasteiger partial charge in [-0.25, -0.2) is 0 Å². The number of phenolic OH excluding ortho intramolecular Hbond substituents is 4. The molecule has 2 aromatic carbocycles. The minimum absolute atomic E-state index is 0.114. The van der Waals surface area contributed by atoms with Crippen molar-refractivity contribution in [2.45, 2.75) is 96.9 Å². The van der Waals surface area contributed by atoms with Gasteiger partial charge in [-0.3, -0.25) is 33.6 Å². The van der Waals surface area contributed by atoms with E-state index in [1.54, 1.807) is 0 Å². The van der Waals surface area contributed by atoms with Crippen LogP contribution in [0.1, 0.15) is 41.5 Å². The van der Waals surface area contributed by atoms with E-state index in [4.69, 9.17) is 51.8 Å². The summed E-state index contributed by atoms with van der Waals surface area (Å²) in [5.41, 5.74) is -1.60. The van der Waals surface area contributed by atoms with Crippen molar-refractivity contribution in [3.63, 3.8) is 0 Å². The smallest absolute Gasteiger partial charge is 0.303 e. The van der Waals surface area contributed by atoms with Crippen molar-refractivity contribution in [3.8, 4) is 40.1 Å². The van der Waals surface area contributed by atoms with Crippen LogP contribution in [0.2, 0.25) is 0 Å². The van der Waals surface area contributed by atoms with E-state index < -0.39 is 150 Å². The summed E-state index contributed by atoms with van der Waals surface area (Å²) in [5.74, 6) is -9.27. The first kappa shape index (κ1) is 44.5.